The van der Waals surface area contributed by atoms with Gasteiger partial charge in [0.15, 0.2) is 0 Å². The Kier molecular flexibility index (Phi) is 2.63. The van der Waals surface area contributed by atoms with Crippen molar-refractivity contribution >= 4 is 0 Å². The van der Waals surface area contributed by atoms with Crippen molar-refractivity contribution in [3.63, 3.8) is 0 Å². The van der Waals surface area contributed by atoms with Gasteiger partial charge in [-0.15, -0.1) is 0 Å². The third kappa shape index (κ3) is 1.92. The van der Waals surface area contributed by atoms with Crippen LogP contribution in [0.25, 0.3) is 0 Å². The van der Waals surface area contributed by atoms with E-state index in [1.54, 1.807) is 0 Å². The van der Waals surface area contributed by atoms with Gasteiger partial charge in [-0.1, -0.05) is 0 Å². The molecule has 1 N–H and O–H groups in total. The summed E-state index contributed by atoms with van der Waals surface area (Å²) in [6, 6.07) is 0. The maximum absolute atomic E-state index is 12.5. The van der Waals surface area contributed by atoms with E-state index in [1.807, 2.05) is 0 Å². The molecule has 0 aromatic heterocycles. The van der Waals surface area contributed by atoms with Gasteiger partial charge in [0.1, 0.15) is 6.17 Å². The fraction of sp³-hybridized carbons (Fsp3) is 1.00. The Morgan fingerprint density at radius 1 is 1.70 bits per heavy atom. The summed E-state index contributed by atoms with van der Waals surface area (Å²) in [5, 5.41) is 9.08. The van der Waals surface area contributed by atoms with Crippen LogP contribution in [0.15, 0.2) is 0 Å². The zero-order valence-corrected chi connectivity index (χ0v) is 6.09. The summed E-state index contributed by atoms with van der Waals surface area (Å²) in [5.41, 5.74) is 0. The van der Waals surface area contributed by atoms with Crippen molar-refractivity contribution in [3.8, 4) is 0 Å². The molecule has 2 nitrogen and oxygen atoms in total. The van der Waals surface area contributed by atoms with Crippen LogP contribution in [0.2, 0.25) is 0 Å². The van der Waals surface area contributed by atoms with Gasteiger partial charge >= 0.3 is 0 Å². The van der Waals surface area contributed by atoms with Gasteiger partial charge < -0.3 is 9.84 Å². The molecule has 0 bridgehead atoms. The highest BCUT2D eigenvalue weighted by Crippen LogP contribution is 2.17. The van der Waals surface area contributed by atoms with E-state index in [4.69, 9.17) is 9.84 Å². The quantitative estimate of drug-likeness (QED) is 0.598. The predicted octanol–water partition coefficient (Wildman–Crippen LogP) is 0.884. The van der Waals surface area contributed by atoms with Crippen LogP contribution in [0.5, 0.6) is 0 Å². The van der Waals surface area contributed by atoms with Crippen molar-refractivity contribution in [2.75, 3.05) is 6.61 Å². The lowest BCUT2D eigenvalue weighted by Gasteiger charge is -2.27. The van der Waals surface area contributed by atoms with E-state index in [2.05, 4.69) is 0 Å². The minimum absolute atomic E-state index is 0.364. The van der Waals surface area contributed by atoms with Crippen molar-refractivity contribution in [1.82, 2.24) is 0 Å². The molecular weight excluding hydrogens is 135 g/mol. The molecule has 1 heterocycles. The van der Waals surface area contributed by atoms with Gasteiger partial charge in [-0.25, -0.2) is 4.39 Å². The van der Waals surface area contributed by atoms with E-state index in [0.717, 1.165) is 0 Å². The number of hydrogen-bond acceptors (Lipinski definition) is 2. The van der Waals surface area contributed by atoms with Crippen LogP contribution >= 0.6 is 0 Å². The number of ether oxygens (including phenoxy) is 1. The highest BCUT2D eigenvalue weighted by Gasteiger charge is 2.25. The monoisotopic (exact) mass is 148 g/mol. The van der Waals surface area contributed by atoms with Crippen LogP contribution in [0, 0.1) is 0 Å². The summed E-state index contributed by atoms with van der Waals surface area (Å²) >= 11 is 0. The maximum atomic E-state index is 12.5. The lowest BCUT2D eigenvalue weighted by Crippen LogP contribution is -2.34. The third-order valence-corrected chi connectivity index (χ3v) is 1.80. The van der Waals surface area contributed by atoms with Gasteiger partial charge in [-0.3, -0.25) is 0 Å². The number of halogens is 1. The summed E-state index contributed by atoms with van der Waals surface area (Å²) in [5.74, 6) is 0. The lowest BCUT2D eigenvalue weighted by molar-refractivity contribution is -0.0721. The molecule has 1 aliphatic heterocycles. The Balaban J connectivity index is 2.32. The lowest BCUT2D eigenvalue weighted by atomic mass is 10.0. The van der Waals surface area contributed by atoms with Gasteiger partial charge in [0.2, 0.25) is 0 Å². The zero-order valence-electron chi connectivity index (χ0n) is 6.09. The average Bonchev–Trinajstić information content (AvgIpc) is 1.88. The summed E-state index contributed by atoms with van der Waals surface area (Å²) in [7, 11) is 0. The molecule has 60 valence electrons. The maximum Gasteiger partial charge on any atom is 0.123 e. The largest absolute Gasteiger partial charge is 0.393 e. The minimum atomic E-state index is -0.963. The number of alkyl halides is 1. The Bertz CT molecular complexity index is 106. The molecule has 1 aliphatic rings. The molecule has 3 heteroatoms. The summed E-state index contributed by atoms with van der Waals surface area (Å²) in [6.07, 6.45) is -0.628. The number of hydrogen-bond donors (Lipinski definition) is 1. The first-order chi connectivity index (χ1) is 4.70. The SMILES string of the molecule is CC(F)C1CC(O)CCO1. The van der Waals surface area contributed by atoms with Crippen LogP contribution in [0.4, 0.5) is 4.39 Å². The second-order valence-corrected chi connectivity index (χ2v) is 2.76. The van der Waals surface area contributed by atoms with E-state index in [0.29, 0.717) is 19.4 Å². The third-order valence-electron chi connectivity index (χ3n) is 1.80. The number of rotatable bonds is 1. The summed E-state index contributed by atoms with van der Waals surface area (Å²) in [6.45, 7) is 1.95. The fourth-order valence-electron chi connectivity index (χ4n) is 1.13. The normalized spacial score (nSPS) is 37.5. The molecule has 0 amide bonds. The van der Waals surface area contributed by atoms with E-state index >= 15 is 0 Å². The Labute approximate surface area is 60.0 Å². The second kappa shape index (κ2) is 3.30. The van der Waals surface area contributed by atoms with Crippen molar-refractivity contribution in [2.45, 2.75) is 38.1 Å². The van der Waals surface area contributed by atoms with Gasteiger partial charge in [0, 0.05) is 13.0 Å². The minimum Gasteiger partial charge on any atom is -0.393 e. The van der Waals surface area contributed by atoms with Crippen LogP contribution in [0.3, 0.4) is 0 Å². The van der Waals surface area contributed by atoms with Crippen molar-refractivity contribution in [1.29, 1.82) is 0 Å². The summed E-state index contributed by atoms with van der Waals surface area (Å²) in [4.78, 5) is 0. The van der Waals surface area contributed by atoms with Crippen molar-refractivity contribution in [2.24, 2.45) is 0 Å². The molecule has 3 atom stereocenters. The standard InChI is InChI=1S/C7H13FO2/c1-5(8)7-4-6(9)2-3-10-7/h5-7,9H,2-4H2,1H3. The molecular formula is C7H13FO2. The van der Waals surface area contributed by atoms with Crippen molar-refractivity contribution in [3.05, 3.63) is 0 Å². The first-order valence-electron chi connectivity index (χ1n) is 3.64. The Morgan fingerprint density at radius 3 is 2.80 bits per heavy atom. The molecule has 0 radical (unpaired) electrons. The Hall–Kier alpha value is -0.150. The molecule has 1 fully saturated rings. The smallest absolute Gasteiger partial charge is 0.123 e. The van der Waals surface area contributed by atoms with E-state index in [-0.39, 0.29) is 12.2 Å². The van der Waals surface area contributed by atoms with Gasteiger partial charge in [-0.05, 0) is 13.3 Å². The molecule has 0 aromatic carbocycles. The van der Waals surface area contributed by atoms with Gasteiger partial charge in [0.05, 0.1) is 12.2 Å². The number of aliphatic hydroxyl groups excluding tert-OH is 1. The Morgan fingerprint density at radius 2 is 2.40 bits per heavy atom. The van der Waals surface area contributed by atoms with E-state index in [1.165, 1.54) is 6.92 Å². The zero-order chi connectivity index (χ0) is 7.56. The van der Waals surface area contributed by atoms with E-state index < -0.39 is 6.17 Å². The van der Waals surface area contributed by atoms with Crippen LogP contribution in [-0.2, 0) is 4.74 Å². The molecule has 0 aromatic rings. The first kappa shape index (κ1) is 7.95. The molecule has 0 saturated carbocycles. The van der Waals surface area contributed by atoms with Crippen LogP contribution < -0.4 is 0 Å². The van der Waals surface area contributed by atoms with E-state index in [9.17, 15) is 4.39 Å². The predicted molar refractivity (Wildman–Crippen MR) is 35.6 cm³/mol. The topological polar surface area (TPSA) is 29.5 Å². The average molecular weight is 148 g/mol. The fourth-order valence-corrected chi connectivity index (χ4v) is 1.13. The number of aliphatic hydroxyl groups is 1. The van der Waals surface area contributed by atoms with Gasteiger partial charge in [0.25, 0.3) is 0 Å². The highest BCUT2D eigenvalue weighted by atomic mass is 19.1. The molecule has 1 saturated heterocycles. The molecule has 10 heavy (non-hydrogen) atoms. The first-order valence-corrected chi connectivity index (χ1v) is 3.64. The molecule has 1 rings (SSSR count). The highest BCUT2D eigenvalue weighted by molar-refractivity contribution is 4.74. The van der Waals surface area contributed by atoms with Crippen LogP contribution in [-0.4, -0.2) is 30.1 Å². The molecule has 3 unspecified atom stereocenters. The summed E-state index contributed by atoms with van der Waals surface area (Å²) < 4.78 is 17.6. The van der Waals surface area contributed by atoms with Crippen molar-refractivity contribution < 1.29 is 14.2 Å². The molecule has 0 aliphatic carbocycles. The van der Waals surface area contributed by atoms with Crippen LogP contribution in [0.1, 0.15) is 19.8 Å². The second-order valence-electron chi connectivity index (χ2n) is 2.76. The molecule has 0 spiro atoms. The van der Waals surface area contributed by atoms with Gasteiger partial charge in [-0.2, -0.15) is 0 Å².